The van der Waals surface area contributed by atoms with E-state index in [-0.39, 0.29) is 22.0 Å². The molecule has 0 aliphatic heterocycles. The van der Waals surface area contributed by atoms with Gasteiger partial charge in [0.1, 0.15) is 11.4 Å². The van der Waals surface area contributed by atoms with Gasteiger partial charge in [0, 0.05) is 10.7 Å². The summed E-state index contributed by atoms with van der Waals surface area (Å²) in [7, 11) is 0. The third kappa shape index (κ3) is 5.63. The molecule has 152 valence electrons. The molecule has 0 radical (unpaired) electrons. The van der Waals surface area contributed by atoms with Gasteiger partial charge in [-0.3, -0.25) is 9.59 Å². The SMILES string of the molecule is Cc1cccc(NC(=O)C(=Cc2ccc(O)cc2)NC(=O)c2ccc(Cl)cc2Cl)c1. The number of halogens is 2. The second-order valence-corrected chi connectivity index (χ2v) is 7.40. The zero-order valence-electron chi connectivity index (χ0n) is 15.9. The van der Waals surface area contributed by atoms with Gasteiger partial charge in [0.15, 0.2) is 0 Å². The van der Waals surface area contributed by atoms with E-state index < -0.39 is 11.8 Å². The van der Waals surface area contributed by atoms with Crippen molar-refractivity contribution >= 4 is 46.8 Å². The number of carbonyl (C=O) groups excluding carboxylic acids is 2. The van der Waals surface area contributed by atoms with Crippen LogP contribution in [0.1, 0.15) is 21.5 Å². The van der Waals surface area contributed by atoms with Gasteiger partial charge in [-0.25, -0.2) is 0 Å². The number of aromatic hydroxyl groups is 1. The maximum Gasteiger partial charge on any atom is 0.272 e. The molecule has 0 fully saturated rings. The van der Waals surface area contributed by atoms with Crippen LogP contribution in [0.2, 0.25) is 10.0 Å². The summed E-state index contributed by atoms with van der Waals surface area (Å²) in [6, 6.07) is 18.0. The van der Waals surface area contributed by atoms with E-state index in [2.05, 4.69) is 10.6 Å². The van der Waals surface area contributed by atoms with Crippen LogP contribution in [0, 0.1) is 6.92 Å². The molecule has 0 heterocycles. The highest BCUT2D eigenvalue weighted by atomic mass is 35.5. The van der Waals surface area contributed by atoms with E-state index >= 15 is 0 Å². The monoisotopic (exact) mass is 440 g/mol. The van der Waals surface area contributed by atoms with Crippen LogP contribution >= 0.6 is 23.2 Å². The summed E-state index contributed by atoms with van der Waals surface area (Å²) in [5, 5.41) is 15.4. The number of rotatable bonds is 5. The van der Waals surface area contributed by atoms with Crippen molar-refractivity contribution in [2.75, 3.05) is 5.32 Å². The van der Waals surface area contributed by atoms with Gasteiger partial charge in [0.05, 0.1) is 10.6 Å². The number of carbonyl (C=O) groups is 2. The van der Waals surface area contributed by atoms with E-state index in [1.807, 2.05) is 25.1 Å². The molecule has 0 spiro atoms. The number of hydrogen-bond acceptors (Lipinski definition) is 3. The highest BCUT2D eigenvalue weighted by Crippen LogP contribution is 2.22. The number of nitrogens with one attached hydrogen (secondary N) is 2. The Morgan fingerprint density at radius 3 is 2.37 bits per heavy atom. The molecule has 5 nitrogen and oxygen atoms in total. The number of hydrogen-bond donors (Lipinski definition) is 3. The average molecular weight is 441 g/mol. The van der Waals surface area contributed by atoms with E-state index in [1.165, 1.54) is 30.3 Å². The number of aryl methyl sites for hydroxylation is 1. The van der Waals surface area contributed by atoms with Crippen LogP contribution in [-0.4, -0.2) is 16.9 Å². The number of phenols is 1. The third-order valence-corrected chi connectivity index (χ3v) is 4.70. The highest BCUT2D eigenvalue weighted by Gasteiger charge is 2.17. The molecule has 3 N–H and O–H groups in total. The Morgan fingerprint density at radius 2 is 1.70 bits per heavy atom. The zero-order valence-corrected chi connectivity index (χ0v) is 17.5. The lowest BCUT2D eigenvalue weighted by Crippen LogP contribution is -2.31. The number of benzene rings is 3. The summed E-state index contributed by atoms with van der Waals surface area (Å²) in [4.78, 5) is 25.6. The first-order valence-electron chi connectivity index (χ1n) is 8.97. The van der Waals surface area contributed by atoms with Crippen molar-refractivity contribution in [3.05, 3.63) is 99.2 Å². The first kappa shape index (κ1) is 21.4. The van der Waals surface area contributed by atoms with Crippen molar-refractivity contribution in [2.24, 2.45) is 0 Å². The molecular formula is C23H18Cl2N2O3. The Labute approximate surface area is 184 Å². The van der Waals surface area contributed by atoms with Crippen molar-refractivity contribution in [3.8, 4) is 5.75 Å². The zero-order chi connectivity index (χ0) is 21.7. The van der Waals surface area contributed by atoms with E-state index in [4.69, 9.17) is 23.2 Å². The van der Waals surface area contributed by atoms with E-state index in [0.717, 1.165) is 5.56 Å². The van der Waals surface area contributed by atoms with E-state index in [1.54, 1.807) is 24.3 Å². The summed E-state index contributed by atoms with van der Waals surface area (Å²) in [5.41, 5.74) is 2.38. The second kappa shape index (κ2) is 9.48. The lowest BCUT2D eigenvalue weighted by atomic mass is 10.1. The Kier molecular flexibility index (Phi) is 6.77. The highest BCUT2D eigenvalue weighted by molar-refractivity contribution is 6.36. The molecule has 0 aromatic heterocycles. The fourth-order valence-corrected chi connectivity index (χ4v) is 3.17. The van der Waals surface area contributed by atoms with Crippen molar-refractivity contribution in [3.63, 3.8) is 0 Å². The lowest BCUT2D eigenvalue weighted by molar-refractivity contribution is -0.113. The average Bonchev–Trinajstić information content (AvgIpc) is 2.69. The van der Waals surface area contributed by atoms with Crippen LogP contribution in [0.4, 0.5) is 5.69 Å². The molecule has 0 saturated heterocycles. The maximum atomic E-state index is 12.9. The normalized spacial score (nSPS) is 11.1. The maximum absolute atomic E-state index is 12.9. The molecule has 0 unspecified atom stereocenters. The molecule has 3 aromatic carbocycles. The van der Waals surface area contributed by atoms with Gasteiger partial charge in [-0.15, -0.1) is 0 Å². The number of anilines is 1. The third-order valence-electron chi connectivity index (χ3n) is 4.15. The summed E-state index contributed by atoms with van der Waals surface area (Å²) in [6.45, 7) is 1.91. The Morgan fingerprint density at radius 1 is 0.967 bits per heavy atom. The molecule has 3 rings (SSSR count). The molecule has 30 heavy (non-hydrogen) atoms. The predicted octanol–water partition coefficient (Wildman–Crippen LogP) is 5.42. The quantitative estimate of drug-likeness (QED) is 0.463. The molecule has 0 aliphatic carbocycles. The van der Waals surface area contributed by atoms with Crippen LogP contribution in [-0.2, 0) is 4.79 Å². The molecule has 0 bridgehead atoms. The van der Waals surface area contributed by atoms with Gasteiger partial charge in [-0.05, 0) is 66.6 Å². The van der Waals surface area contributed by atoms with Crippen molar-refractivity contribution in [1.82, 2.24) is 5.32 Å². The molecule has 2 amide bonds. The van der Waals surface area contributed by atoms with Gasteiger partial charge < -0.3 is 15.7 Å². The standard InChI is InChI=1S/C23H18Cl2N2O3/c1-14-3-2-4-17(11-14)26-23(30)21(12-15-5-8-18(28)9-6-15)27-22(29)19-10-7-16(24)13-20(19)25/h2-13,28H,1H3,(H,26,30)(H,27,29). The van der Waals surface area contributed by atoms with Crippen LogP contribution in [0.3, 0.4) is 0 Å². The van der Waals surface area contributed by atoms with Crippen LogP contribution in [0.25, 0.3) is 6.08 Å². The smallest absolute Gasteiger partial charge is 0.272 e. The predicted molar refractivity (Wildman–Crippen MR) is 120 cm³/mol. The van der Waals surface area contributed by atoms with Gasteiger partial charge >= 0.3 is 0 Å². The van der Waals surface area contributed by atoms with Gasteiger partial charge in [-0.2, -0.15) is 0 Å². The molecular weight excluding hydrogens is 423 g/mol. The Hall–Kier alpha value is -3.28. The first-order valence-corrected chi connectivity index (χ1v) is 9.72. The minimum atomic E-state index is -0.555. The second-order valence-electron chi connectivity index (χ2n) is 6.55. The summed E-state index contributed by atoms with van der Waals surface area (Å²) in [6.07, 6.45) is 1.51. The van der Waals surface area contributed by atoms with Gasteiger partial charge in [0.2, 0.25) is 0 Å². The molecule has 0 saturated carbocycles. The largest absolute Gasteiger partial charge is 0.508 e. The fraction of sp³-hybridized carbons (Fsp3) is 0.0435. The lowest BCUT2D eigenvalue weighted by Gasteiger charge is -2.12. The van der Waals surface area contributed by atoms with E-state index in [9.17, 15) is 14.7 Å². The van der Waals surface area contributed by atoms with Crippen molar-refractivity contribution < 1.29 is 14.7 Å². The Balaban J connectivity index is 1.91. The summed E-state index contributed by atoms with van der Waals surface area (Å²) in [5.74, 6) is -0.969. The molecule has 7 heteroatoms. The Bertz CT molecular complexity index is 1130. The van der Waals surface area contributed by atoms with Crippen LogP contribution < -0.4 is 10.6 Å². The topological polar surface area (TPSA) is 78.4 Å². The molecule has 3 aromatic rings. The van der Waals surface area contributed by atoms with Gasteiger partial charge in [0.25, 0.3) is 11.8 Å². The van der Waals surface area contributed by atoms with E-state index in [0.29, 0.717) is 16.3 Å². The molecule has 0 aliphatic rings. The van der Waals surface area contributed by atoms with Gasteiger partial charge in [-0.1, -0.05) is 47.5 Å². The summed E-state index contributed by atoms with van der Waals surface area (Å²) < 4.78 is 0. The number of amides is 2. The molecule has 0 atom stereocenters. The first-order chi connectivity index (χ1) is 14.3. The van der Waals surface area contributed by atoms with Crippen molar-refractivity contribution in [2.45, 2.75) is 6.92 Å². The van der Waals surface area contributed by atoms with Crippen molar-refractivity contribution in [1.29, 1.82) is 0 Å². The van der Waals surface area contributed by atoms with Crippen LogP contribution in [0.15, 0.2) is 72.4 Å². The van der Waals surface area contributed by atoms with Crippen LogP contribution in [0.5, 0.6) is 5.75 Å². The fourth-order valence-electron chi connectivity index (χ4n) is 2.68. The minimum absolute atomic E-state index is 0.0122. The number of phenolic OH excluding ortho intramolecular Hbond substituents is 1. The minimum Gasteiger partial charge on any atom is -0.508 e. The summed E-state index contributed by atoms with van der Waals surface area (Å²) >= 11 is 12.0.